The predicted octanol–water partition coefficient (Wildman–Crippen LogP) is 2.92. The predicted molar refractivity (Wildman–Crippen MR) is 66.3 cm³/mol. The normalized spacial score (nSPS) is 9.88. The van der Waals surface area contributed by atoms with Crippen LogP contribution < -0.4 is 0 Å². The Hall–Kier alpha value is -2.22. The van der Waals surface area contributed by atoms with Gasteiger partial charge in [0.25, 0.3) is 0 Å². The van der Waals surface area contributed by atoms with Gasteiger partial charge in [-0.3, -0.25) is 9.59 Å². The third kappa shape index (κ3) is 2.88. The Morgan fingerprint density at radius 2 is 1.59 bits per heavy atom. The molecule has 0 atom stereocenters. The second-order valence-electron chi connectivity index (χ2n) is 3.83. The van der Waals surface area contributed by atoms with E-state index in [-0.39, 0.29) is 5.78 Å². The van der Waals surface area contributed by atoms with Crippen LogP contribution in [0.5, 0.6) is 0 Å². The van der Waals surface area contributed by atoms with E-state index in [9.17, 15) is 9.59 Å². The lowest BCUT2D eigenvalue weighted by Crippen LogP contribution is -2.03. The molecule has 0 aliphatic heterocycles. The van der Waals surface area contributed by atoms with Gasteiger partial charge in [-0.1, -0.05) is 54.6 Å². The highest BCUT2D eigenvalue weighted by molar-refractivity contribution is 5.97. The number of rotatable bonds is 4. The summed E-state index contributed by atoms with van der Waals surface area (Å²) in [5.74, 6) is 0.0636. The van der Waals surface area contributed by atoms with Gasteiger partial charge in [-0.05, 0) is 5.56 Å². The maximum absolute atomic E-state index is 11.9. The summed E-state index contributed by atoms with van der Waals surface area (Å²) in [6.07, 6.45) is 1.16. The summed E-state index contributed by atoms with van der Waals surface area (Å²) >= 11 is 0. The Labute approximate surface area is 99.9 Å². The highest BCUT2D eigenvalue weighted by Gasteiger charge is 2.06. The van der Waals surface area contributed by atoms with E-state index < -0.39 is 0 Å². The highest BCUT2D eigenvalue weighted by atomic mass is 16.1. The van der Waals surface area contributed by atoms with Crippen LogP contribution in [0.25, 0.3) is 0 Å². The van der Waals surface area contributed by atoms with Crippen LogP contribution >= 0.6 is 0 Å². The number of carbonyl (C=O) groups excluding carboxylic acids is 2. The molecule has 0 aliphatic carbocycles. The van der Waals surface area contributed by atoms with Crippen molar-refractivity contribution in [1.29, 1.82) is 0 Å². The minimum absolute atomic E-state index is 0.0636. The quantitative estimate of drug-likeness (QED) is 0.591. The van der Waals surface area contributed by atoms with Crippen LogP contribution in [0.3, 0.4) is 0 Å². The lowest BCUT2D eigenvalue weighted by atomic mass is 10.0. The van der Waals surface area contributed by atoms with Gasteiger partial charge in [-0.15, -0.1) is 0 Å². The maximum Gasteiger partial charge on any atom is 0.167 e. The molecule has 2 aromatic rings. The van der Waals surface area contributed by atoms with E-state index >= 15 is 0 Å². The summed E-state index contributed by atoms with van der Waals surface area (Å²) in [6, 6.07) is 16.3. The Bertz CT molecular complexity index is 512. The van der Waals surface area contributed by atoms with Crippen molar-refractivity contribution < 1.29 is 9.59 Å². The number of aldehydes is 1. The van der Waals surface area contributed by atoms with Gasteiger partial charge in [0.1, 0.15) is 6.29 Å². The summed E-state index contributed by atoms with van der Waals surface area (Å²) in [4.78, 5) is 22.4. The van der Waals surface area contributed by atoms with Crippen LogP contribution in [0.1, 0.15) is 26.3 Å². The summed E-state index contributed by atoms with van der Waals surface area (Å²) in [7, 11) is 0. The number of benzene rings is 2. The van der Waals surface area contributed by atoms with E-state index in [4.69, 9.17) is 0 Å². The van der Waals surface area contributed by atoms with Crippen LogP contribution in [0.4, 0.5) is 0 Å². The number of hydrogen-bond acceptors (Lipinski definition) is 2. The molecule has 0 saturated heterocycles. The van der Waals surface area contributed by atoms with Crippen molar-refractivity contribution in [2.45, 2.75) is 6.42 Å². The standard InChI is InChI=1S/C15H12O2/c16-11-13-6-8-14(9-7-13)15(17)10-12-4-2-1-3-5-12/h1-9,11H,10H2. The van der Waals surface area contributed by atoms with Crippen LogP contribution in [0, 0.1) is 0 Å². The summed E-state index contributed by atoms with van der Waals surface area (Å²) in [6.45, 7) is 0. The zero-order chi connectivity index (χ0) is 12.1. The van der Waals surface area contributed by atoms with Crippen LogP contribution in [-0.4, -0.2) is 12.1 Å². The van der Waals surface area contributed by atoms with E-state index in [1.165, 1.54) is 0 Å². The highest BCUT2D eigenvalue weighted by Crippen LogP contribution is 2.08. The largest absolute Gasteiger partial charge is 0.298 e. The van der Waals surface area contributed by atoms with Gasteiger partial charge in [-0.25, -0.2) is 0 Å². The first-order chi connectivity index (χ1) is 8.29. The summed E-state index contributed by atoms with van der Waals surface area (Å²) in [5.41, 5.74) is 2.22. The average molecular weight is 224 g/mol. The molecule has 17 heavy (non-hydrogen) atoms. The van der Waals surface area contributed by atoms with E-state index in [0.29, 0.717) is 17.5 Å². The van der Waals surface area contributed by atoms with Gasteiger partial charge >= 0.3 is 0 Å². The zero-order valence-electron chi connectivity index (χ0n) is 9.30. The second-order valence-corrected chi connectivity index (χ2v) is 3.83. The topological polar surface area (TPSA) is 34.1 Å². The fourth-order valence-electron chi connectivity index (χ4n) is 1.63. The zero-order valence-corrected chi connectivity index (χ0v) is 9.30. The van der Waals surface area contributed by atoms with Crippen molar-refractivity contribution >= 4 is 12.1 Å². The molecule has 2 aromatic carbocycles. The molecular formula is C15H12O2. The fourth-order valence-corrected chi connectivity index (χ4v) is 1.63. The Morgan fingerprint density at radius 1 is 0.941 bits per heavy atom. The van der Waals surface area contributed by atoms with E-state index in [1.54, 1.807) is 24.3 Å². The molecule has 0 spiro atoms. The summed E-state index contributed by atoms with van der Waals surface area (Å²) in [5, 5.41) is 0. The van der Waals surface area contributed by atoms with Crippen molar-refractivity contribution in [3.05, 3.63) is 71.3 Å². The second kappa shape index (κ2) is 5.21. The third-order valence-electron chi connectivity index (χ3n) is 2.58. The smallest absolute Gasteiger partial charge is 0.167 e. The fraction of sp³-hybridized carbons (Fsp3) is 0.0667. The van der Waals surface area contributed by atoms with Gasteiger partial charge in [0.15, 0.2) is 5.78 Å². The number of hydrogen-bond donors (Lipinski definition) is 0. The molecule has 2 nitrogen and oxygen atoms in total. The number of ketones is 1. The number of carbonyl (C=O) groups is 2. The van der Waals surface area contributed by atoms with E-state index in [0.717, 1.165) is 11.8 Å². The maximum atomic E-state index is 11.9. The number of Topliss-reactive ketones (excluding diaryl/α,β-unsaturated/α-hetero) is 1. The molecule has 0 N–H and O–H groups in total. The molecule has 0 heterocycles. The van der Waals surface area contributed by atoms with Crippen molar-refractivity contribution in [3.8, 4) is 0 Å². The first-order valence-corrected chi connectivity index (χ1v) is 5.42. The van der Waals surface area contributed by atoms with Crippen LogP contribution in [0.2, 0.25) is 0 Å². The van der Waals surface area contributed by atoms with Gasteiger partial charge in [0.2, 0.25) is 0 Å². The Morgan fingerprint density at radius 3 is 2.18 bits per heavy atom. The molecule has 0 radical (unpaired) electrons. The van der Waals surface area contributed by atoms with E-state index in [1.807, 2.05) is 30.3 Å². The molecule has 0 saturated carbocycles. The molecule has 2 heteroatoms. The van der Waals surface area contributed by atoms with E-state index in [2.05, 4.69) is 0 Å². The van der Waals surface area contributed by atoms with Gasteiger partial charge in [0, 0.05) is 17.5 Å². The van der Waals surface area contributed by atoms with Crippen molar-refractivity contribution in [3.63, 3.8) is 0 Å². The van der Waals surface area contributed by atoms with Crippen LogP contribution in [0.15, 0.2) is 54.6 Å². The monoisotopic (exact) mass is 224 g/mol. The third-order valence-corrected chi connectivity index (χ3v) is 2.58. The Balaban J connectivity index is 2.12. The summed E-state index contributed by atoms with van der Waals surface area (Å²) < 4.78 is 0. The molecule has 84 valence electrons. The molecule has 0 aromatic heterocycles. The van der Waals surface area contributed by atoms with Crippen molar-refractivity contribution in [1.82, 2.24) is 0 Å². The minimum atomic E-state index is 0.0636. The molecule has 0 amide bonds. The Kier molecular flexibility index (Phi) is 3.46. The van der Waals surface area contributed by atoms with Gasteiger partial charge < -0.3 is 0 Å². The first kappa shape index (κ1) is 11.3. The van der Waals surface area contributed by atoms with Gasteiger partial charge in [-0.2, -0.15) is 0 Å². The molecule has 0 bridgehead atoms. The minimum Gasteiger partial charge on any atom is -0.298 e. The SMILES string of the molecule is O=Cc1ccc(C(=O)Cc2ccccc2)cc1. The van der Waals surface area contributed by atoms with Gasteiger partial charge in [0.05, 0.1) is 0 Å². The van der Waals surface area contributed by atoms with Crippen LogP contribution in [-0.2, 0) is 6.42 Å². The molecule has 0 fully saturated rings. The molecular weight excluding hydrogens is 212 g/mol. The van der Waals surface area contributed by atoms with Crippen molar-refractivity contribution in [2.24, 2.45) is 0 Å². The lowest BCUT2D eigenvalue weighted by Gasteiger charge is -2.01. The molecule has 0 aliphatic rings. The average Bonchev–Trinajstić information content (AvgIpc) is 2.40. The first-order valence-electron chi connectivity index (χ1n) is 5.42. The lowest BCUT2D eigenvalue weighted by molar-refractivity contribution is 0.0992. The van der Waals surface area contributed by atoms with Crippen molar-refractivity contribution in [2.75, 3.05) is 0 Å². The molecule has 2 rings (SSSR count). The molecule has 0 unspecified atom stereocenters.